The minimum absolute atomic E-state index is 0.658. The molecule has 1 aliphatic carbocycles. The molecule has 1 aromatic heterocycles. The molecule has 0 bridgehead atoms. The van der Waals surface area contributed by atoms with Crippen molar-refractivity contribution in [3.63, 3.8) is 0 Å². The van der Waals surface area contributed by atoms with Crippen molar-refractivity contribution in [1.82, 2.24) is 4.98 Å². The lowest BCUT2D eigenvalue weighted by molar-refractivity contribution is 0.330. The van der Waals surface area contributed by atoms with Crippen molar-refractivity contribution in [2.24, 2.45) is 5.92 Å². The zero-order valence-electron chi connectivity index (χ0n) is 10.4. The molecule has 88 valence electrons. The zero-order chi connectivity index (χ0) is 11.4. The highest BCUT2D eigenvalue weighted by Gasteiger charge is 2.19. The molecule has 1 saturated carbocycles. The molecule has 1 aromatic rings. The lowest BCUT2D eigenvalue weighted by atomic mass is 9.84. The summed E-state index contributed by atoms with van der Waals surface area (Å²) in [4.78, 5) is 4.31. The second kappa shape index (κ2) is 5.33. The molecule has 0 atom stereocenters. The van der Waals surface area contributed by atoms with Gasteiger partial charge < -0.3 is 5.32 Å². The summed E-state index contributed by atoms with van der Waals surface area (Å²) in [5.41, 5.74) is 2.32. The number of pyridine rings is 1. The summed E-state index contributed by atoms with van der Waals surface area (Å²) in [6.07, 6.45) is 8.59. The first-order valence-electron chi connectivity index (χ1n) is 6.47. The Bertz CT molecular complexity index is 327. The van der Waals surface area contributed by atoms with Gasteiger partial charge >= 0.3 is 0 Å². The van der Waals surface area contributed by atoms with Gasteiger partial charge in [0, 0.05) is 12.2 Å². The fourth-order valence-corrected chi connectivity index (χ4v) is 2.57. The number of nitrogens with one attached hydrogen (secondary N) is 1. The van der Waals surface area contributed by atoms with E-state index in [9.17, 15) is 0 Å². The van der Waals surface area contributed by atoms with E-state index in [1.807, 2.05) is 12.3 Å². The molecule has 1 N–H and O–H groups in total. The average molecular weight is 218 g/mol. The standard InChI is InChI=1S/C14H22N2/c1-3-12-6-8-13(9-7-12)16-14-5-4-10-15-11(14)2/h4-5,10,12-13,16H,3,6-9H2,1-2H3. The Hall–Kier alpha value is -1.05. The molecule has 0 spiro atoms. The van der Waals surface area contributed by atoms with Gasteiger partial charge in [-0.2, -0.15) is 0 Å². The molecular weight excluding hydrogens is 196 g/mol. The lowest BCUT2D eigenvalue weighted by Crippen LogP contribution is -2.26. The maximum Gasteiger partial charge on any atom is 0.0603 e. The van der Waals surface area contributed by atoms with Gasteiger partial charge in [0.15, 0.2) is 0 Å². The van der Waals surface area contributed by atoms with Crippen LogP contribution in [0.2, 0.25) is 0 Å². The van der Waals surface area contributed by atoms with Gasteiger partial charge in [0.25, 0.3) is 0 Å². The van der Waals surface area contributed by atoms with Gasteiger partial charge in [0.05, 0.1) is 11.4 Å². The molecule has 1 heterocycles. The van der Waals surface area contributed by atoms with Crippen LogP contribution in [0, 0.1) is 12.8 Å². The molecule has 0 unspecified atom stereocenters. The summed E-state index contributed by atoms with van der Waals surface area (Å²) in [6, 6.07) is 4.80. The maximum atomic E-state index is 4.31. The lowest BCUT2D eigenvalue weighted by Gasteiger charge is -2.29. The molecule has 0 saturated heterocycles. The Kier molecular flexibility index (Phi) is 3.81. The molecule has 2 rings (SSSR count). The monoisotopic (exact) mass is 218 g/mol. The Labute approximate surface area is 98.5 Å². The first kappa shape index (κ1) is 11.4. The van der Waals surface area contributed by atoms with Crippen LogP contribution in [-0.4, -0.2) is 11.0 Å². The van der Waals surface area contributed by atoms with E-state index >= 15 is 0 Å². The largest absolute Gasteiger partial charge is 0.381 e. The second-order valence-corrected chi connectivity index (χ2v) is 4.91. The van der Waals surface area contributed by atoms with E-state index in [0.29, 0.717) is 6.04 Å². The van der Waals surface area contributed by atoms with E-state index in [0.717, 1.165) is 11.6 Å². The third kappa shape index (κ3) is 2.75. The van der Waals surface area contributed by atoms with Crippen LogP contribution in [0.4, 0.5) is 5.69 Å². The topological polar surface area (TPSA) is 24.9 Å². The van der Waals surface area contributed by atoms with Crippen molar-refractivity contribution >= 4 is 5.69 Å². The normalized spacial score (nSPS) is 25.4. The molecule has 2 heteroatoms. The minimum Gasteiger partial charge on any atom is -0.381 e. The molecule has 16 heavy (non-hydrogen) atoms. The molecular formula is C14H22N2. The average Bonchev–Trinajstić information content (AvgIpc) is 2.33. The summed E-state index contributed by atoms with van der Waals surface area (Å²) in [5.74, 6) is 0.966. The van der Waals surface area contributed by atoms with Gasteiger partial charge in [0.1, 0.15) is 0 Å². The van der Waals surface area contributed by atoms with Crippen LogP contribution in [0.3, 0.4) is 0 Å². The number of hydrogen-bond acceptors (Lipinski definition) is 2. The van der Waals surface area contributed by atoms with E-state index < -0.39 is 0 Å². The number of rotatable bonds is 3. The van der Waals surface area contributed by atoms with E-state index in [4.69, 9.17) is 0 Å². The van der Waals surface area contributed by atoms with Crippen LogP contribution < -0.4 is 5.32 Å². The van der Waals surface area contributed by atoms with Gasteiger partial charge in [-0.25, -0.2) is 0 Å². The van der Waals surface area contributed by atoms with Crippen molar-refractivity contribution < 1.29 is 0 Å². The second-order valence-electron chi connectivity index (χ2n) is 4.91. The maximum absolute atomic E-state index is 4.31. The quantitative estimate of drug-likeness (QED) is 0.835. The van der Waals surface area contributed by atoms with Crippen molar-refractivity contribution in [3.05, 3.63) is 24.0 Å². The van der Waals surface area contributed by atoms with Crippen molar-refractivity contribution in [3.8, 4) is 0 Å². The molecule has 0 aromatic carbocycles. The molecule has 1 aliphatic rings. The Morgan fingerprint density at radius 3 is 2.69 bits per heavy atom. The summed E-state index contributed by atoms with van der Waals surface area (Å²) in [5, 5.41) is 3.63. The van der Waals surface area contributed by atoms with Crippen LogP contribution in [0.15, 0.2) is 18.3 Å². The highest BCUT2D eigenvalue weighted by molar-refractivity contribution is 5.47. The van der Waals surface area contributed by atoms with E-state index in [2.05, 4.69) is 30.2 Å². The Morgan fingerprint density at radius 2 is 2.06 bits per heavy atom. The third-order valence-electron chi connectivity index (χ3n) is 3.79. The van der Waals surface area contributed by atoms with Gasteiger partial charge in [-0.1, -0.05) is 13.3 Å². The Morgan fingerprint density at radius 1 is 1.31 bits per heavy atom. The summed E-state index contributed by atoms with van der Waals surface area (Å²) in [6.45, 7) is 4.38. The molecule has 0 radical (unpaired) electrons. The van der Waals surface area contributed by atoms with Crippen LogP contribution in [-0.2, 0) is 0 Å². The number of anilines is 1. The van der Waals surface area contributed by atoms with Gasteiger partial charge in [-0.15, -0.1) is 0 Å². The highest BCUT2D eigenvalue weighted by atomic mass is 14.9. The SMILES string of the molecule is CCC1CCC(Nc2cccnc2C)CC1. The van der Waals surface area contributed by atoms with Crippen molar-refractivity contribution in [1.29, 1.82) is 0 Å². The number of hydrogen-bond donors (Lipinski definition) is 1. The molecule has 0 aliphatic heterocycles. The van der Waals surface area contributed by atoms with Crippen molar-refractivity contribution in [2.75, 3.05) is 5.32 Å². The first-order chi connectivity index (χ1) is 7.79. The van der Waals surface area contributed by atoms with Crippen LogP contribution in [0.5, 0.6) is 0 Å². The predicted octanol–water partition coefficient (Wildman–Crippen LogP) is 3.77. The van der Waals surface area contributed by atoms with Gasteiger partial charge in [0.2, 0.25) is 0 Å². The highest BCUT2D eigenvalue weighted by Crippen LogP contribution is 2.28. The summed E-state index contributed by atoms with van der Waals surface area (Å²) >= 11 is 0. The van der Waals surface area contributed by atoms with Crippen molar-refractivity contribution in [2.45, 2.75) is 52.0 Å². The van der Waals surface area contributed by atoms with E-state index in [-0.39, 0.29) is 0 Å². The van der Waals surface area contributed by atoms with Crippen LogP contribution in [0.25, 0.3) is 0 Å². The first-order valence-corrected chi connectivity index (χ1v) is 6.47. The van der Waals surface area contributed by atoms with Gasteiger partial charge in [-0.3, -0.25) is 4.98 Å². The van der Waals surface area contributed by atoms with E-state index in [1.165, 1.54) is 37.8 Å². The predicted molar refractivity (Wildman–Crippen MR) is 68.6 cm³/mol. The fraction of sp³-hybridized carbons (Fsp3) is 0.643. The van der Waals surface area contributed by atoms with Crippen LogP contribution >= 0.6 is 0 Å². The Balaban J connectivity index is 1.89. The minimum atomic E-state index is 0.658. The third-order valence-corrected chi connectivity index (χ3v) is 3.79. The molecule has 0 amide bonds. The molecule has 2 nitrogen and oxygen atoms in total. The van der Waals surface area contributed by atoms with Gasteiger partial charge in [-0.05, 0) is 50.7 Å². The number of aromatic nitrogens is 1. The number of nitrogens with zero attached hydrogens (tertiary/aromatic N) is 1. The van der Waals surface area contributed by atoms with E-state index in [1.54, 1.807) is 0 Å². The fourth-order valence-electron chi connectivity index (χ4n) is 2.57. The summed E-state index contributed by atoms with van der Waals surface area (Å²) < 4.78 is 0. The molecule has 1 fully saturated rings. The zero-order valence-corrected chi connectivity index (χ0v) is 10.4. The number of aryl methyl sites for hydroxylation is 1. The smallest absolute Gasteiger partial charge is 0.0603 e. The summed E-state index contributed by atoms with van der Waals surface area (Å²) in [7, 11) is 0. The van der Waals surface area contributed by atoms with Crippen LogP contribution in [0.1, 0.15) is 44.7 Å².